The number of carbonyl (C=O) groups is 1. The van der Waals surface area contributed by atoms with Crippen LogP contribution in [0.4, 0.5) is 5.69 Å². The first-order chi connectivity index (χ1) is 12.4. The predicted molar refractivity (Wildman–Crippen MR) is 109 cm³/mol. The normalized spacial score (nSPS) is 10.6. The molecule has 0 aliphatic heterocycles. The summed E-state index contributed by atoms with van der Waals surface area (Å²) in [5.41, 5.74) is 4.31. The molecular weight excluding hydrogens is 390 g/mol. The van der Waals surface area contributed by atoms with Gasteiger partial charge in [-0.1, -0.05) is 40.2 Å². The summed E-state index contributed by atoms with van der Waals surface area (Å²) in [7, 11) is 1.93. The van der Waals surface area contributed by atoms with Gasteiger partial charge in [0.15, 0.2) is 0 Å². The van der Waals surface area contributed by atoms with E-state index in [-0.39, 0.29) is 5.91 Å². The summed E-state index contributed by atoms with van der Waals surface area (Å²) < 4.78 is 1.04. The highest BCUT2D eigenvalue weighted by atomic mass is 79.9. The number of hydrogen-bond acceptors (Lipinski definition) is 3. The fraction of sp³-hybridized carbons (Fsp3) is 0.333. The van der Waals surface area contributed by atoms with Gasteiger partial charge in [-0.15, -0.1) is 0 Å². The number of rotatable bonds is 7. The van der Waals surface area contributed by atoms with Crippen LogP contribution in [0, 0.1) is 25.2 Å². The minimum atomic E-state index is -0.00180. The third-order valence-corrected chi connectivity index (χ3v) is 5.13. The van der Waals surface area contributed by atoms with Crippen molar-refractivity contribution in [3.8, 4) is 6.07 Å². The van der Waals surface area contributed by atoms with E-state index >= 15 is 0 Å². The van der Waals surface area contributed by atoms with Gasteiger partial charge in [0.05, 0.1) is 19.0 Å². The molecular formula is C21H24BrN3O. The Kier molecular flexibility index (Phi) is 7.38. The Morgan fingerprint density at radius 1 is 1.15 bits per heavy atom. The molecule has 4 nitrogen and oxygen atoms in total. The van der Waals surface area contributed by atoms with Gasteiger partial charge < -0.3 is 4.90 Å². The maximum Gasteiger partial charge on any atom is 0.241 e. The first kappa shape index (κ1) is 20.2. The largest absolute Gasteiger partial charge is 0.310 e. The molecule has 0 bridgehead atoms. The Labute approximate surface area is 164 Å². The van der Waals surface area contributed by atoms with Gasteiger partial charge >= 0.3 is 0 Å². The van der Waals surface area contributed by atoms with Crippen LogP contribution >= 0.6 is 15.9 Å². The zero-order chi connectivity index (χ0) is 19.1. The van der Waals surface area contributed by atoms with Crippen molar-refractivity contribution >= 4 is 27.5 Å². The van der Waals surface area contributed by atoms with Crippen molar-refractivity contribution in [2.45, 2.75) is 26.8 Å². The highest BCUT2D eigenvalue weighted by molar-refractivity contribution is 9.10. The third-order valence-electron chi connectivity index (χ3n) is 4.35. The fourth-order valence-electron chi connectivity index (χ4n) is 2.74. The monoisotopic (exact) mass is 413 g/mol. The van der Waals surface area contributed by atoms with Crippen LogP contribution < -0.4 is 4.90 Å². The predicted octanol–water partition coefficient (Wildman–Crippen LogP) is 4.44. The topological polar surface area (TPSA) is 47.3 Å². The van der Waals surface area contributed by atoms with Gasteiger partial charge in [-0.3, -0.25) is 9.69 Å². The van der Waals surface area contributed by atoms with Crippen molar-refractivity contribution < 1.29 is 4.79 Å². The average Bonchev–Trinajstić information content (AvgIpc) is 2.60. The van der Waals surface area contributed by atoms with Gasteiger partial charge in [0.1, 0.15) is 0 Å². The Hall–Kier alpha value is -2.16. The first-order valence-electron chi connectivity index (χ1n) is 8.59. The molecule has 0 saturated carbocycles. The van der Waals surface area contributed by atoms with Crippen LogP contribution in [0.15, 0.2) is 46.9 Å². The van der Waals surface area contributed by atoms with E-state index in [2.05, 4.69) is 22.0 Å². The molecule has 0 radical (unpaired) electrons. The molecule has 0 aliphatic carbocycles. The van der Waals surface area contributed by atoms with E-state index in [0.29, 0.717) is 26.1 Å². The maximum absolute atomic E-state index is 12.9. The molecule has 26 heavy (non-hydrogen) atoms. The lowest BCUT2D eigenvalue weighted by Crippen LogP contribution is -2.39. The molecule has 2 aromatic carbocycles. The lowest BCUT2D eigenvalue weighted by molar-refractivity contribution is -0.119. The summed E-state index contributed by atoms with van der Waals surface area (Å²) in [5, 5.41) is 8.95. The van der Waals surface area contributed by atoms with Gasteiger partial charge in [0.25, 0.3) is 0 Å². The summed E-state index contributed by atoms with van der Waals surface area (Å²) >= 11 is 3.55. The molecule has 2 rings (SSSR count). The number of carbonyl (C=O) groups excluding carboxylic acids is 1. The van der Waals surface area contributed by atoms with Crippen molar-refractivity contribution in [3.63, 3.8) is 0 Å². The van der Waals surface area contributed by atoms with Gasteiger partial charge in [0.2, 0.25) is 5.91 Å². The smallest absolute Gasteiger partial charge is 0.241 e. The molecule has 5 heteroatoms. The molecule has 0 saturated heterocycles. The van der Waals surface area contributed by atoms with Crippen molar-refractivity contribution in [1.82, 2.24) is 4.90 Å². The first-order valence-corrected chi connectivity index (χ1v) is 9.38. The molecule has 0 N–H and O–H groups in total. The molecule has 0 spiro atoms. The zero-order valence-electron chi connectivity index (χ0n) is 15.5. The van der Waals surface area contributed by atoms with E-state index in [0.717, 1.165) is 21.3 Å². The van der Waals surface area contributed by atoms with Crippen LogP contribution in [0.5, 0.6) is 0 Å². The van der Waals surface area contributed by atoms with Crippen molar-refractivity contribution in [3.05, 3.63) is 63.6 Å². The van der Waals surface area contributed by atoms with Crippen LogP contribution in [-0.2, 0) is 11.3 Å². The number of aryl methyl sites for hydroxylation is 2. The second kappa shape index (κ2) is 9.51. The van der Waals surface area contributed by atoms with Crippen LogP contribution in [0.25, 0.3) is 0 Å². The second-order valence-corrected chi connectivity index (χ2v) is 7.34. The molecule has 2 aromatic rings. The van der Waals surface area contributed by atoms with Crippen molar-refractivity contribution in [2.75, 3.05) is 25.0 Å². The fourth-order valence-corrected chi connectivity index (χ4v) is 3.15. The molecule has 0 heterocycles. The lowest BCUT2D eigenvalue weighted by atomic mass is 10.1. The Morgan fingerprint density at radius 3 is 2.54 bits per heavy atom. The Morgan fingerprint density at radius 2 is 1.88 bits per heavy atom. The maximum atomic E-state index is 12.9. The van der Waals surface area contributed by atoms with Gasteiger partial charge in [0, 0.05) is 23.2 Å². The van der Waals surface area contributed by atoms with Gasteiger partial charge in [-0.25, -0.2) is 0 Å². The summed E-state index contributed by atoms with van der Waals surface area (Å²) in [6, 6.07) is 16.1. The Bertz CT molecular complexity index is 813. The lowest BCUT2D eigenvalue weighted by Gasteiger charge is -2.26. The van der Waals surface area contributed by atoms with E-state index in [9.17, 15) is 4.79 Å². The molecule has 0 unspecified atom stereocenters. The molecule has 0 aliphatic rings. The second-order valence-electron chi connectivity index (χ2n) is 6.49. The number of amides is 1. The van der Waals surface area contributed by atoms with Crippen LogP contribution in [0.3, 0.4) is 0 Å². The van der Waals surface area contributed by atoms with E-state index in [1.807, 2.05) is 68.3 Å². The quantitative estimate of drug-likeness (QED) is 0.673. The number of hydrogen-bond donors (Lipinski definition) is 0. The summed E-state index contributed by atoms with van der Waals surface area (Å²) in [6.07, 6.45) is 0.312. The number of benzene rings is 2. The Balaban J connectivity index is 2.12. The molecule has 0 aromatic heterocycles. The standard InChI is InChI=1S/C21H24BrN3O/c1-16-9-10-19(13-17(16)2)25(12-6-11-23)21(26)15-24(3)14-18-7-4-5-8-20(18)22/h4-5,7-10,13H,6,12,14-15H2,1-3H3. The third kappa shape index (κ3) is 5.42. The van der Waals surface area contributed by atoms with E-state index in [4.69, 9.17) is 5.26 Å². The highest BCUT2D eigenvalue weighted by Gasteiger charge is 2.18. The summed E-state index contributed by atoms with van der Waals surface area (Å²) in [4.78, 5) is 16.6. The highest BCUT2D eigenvalue weighted by Crippen LogP contribution is 2.21. The van der Waals surface area contributed by atoms with Crippen LogP contribution in [0.1, 0.15) is 23.1 Å². The molecule has 136 valence electrons. The van der Waals surface area contributed by atoms with Gasteiger partial charge in [-0.05, 0) is 55.8 Å². The van der Waals surface area contributed by atoms with Gasteiger partial charge in [-0.2, -0.15) is 5.26 Å². The summed E-state index contributed by atoms with van der Waals surface area (Å²) in [6.45, 7) is 5.45. The van der Waals surface area contributed by atoms with E-state index in [1.54, 1.807) is 4.90 Å². The SMILES string of the molecule is Cc1ccc(N(CCC#N)C(=O)CN(C)Cc2ccccc2Br)cc1C. The minimum absolute atomic E-state index is 0.00180. The number of nitriles is 1. The van der Waals surface area contributed by atoms with Crippen molar-refractivity contribution in [1.29, 1.82) is 5.26 Å². The minimum Gasteiger partial charge on any atom is -0.310 e. The molecule has 0 fully saturated rings. The van der Waals surface area contributed by atoms with E-state index in [1.165, 1.54) is 5.56 Å². The number of anilines is 1. The van der Waals surface area contributed by atoms with Crippen molar-refractivity contribution in [2.24, 2.45) is 0 Å². The zero-order valence-corrected chi connectivity index (χ0v) is 17.1. The summed E-state index contributed by atoms with van der Waals surface area (Å²) in [5.74, 6) is -0.00180. The molecule has 0 atom stereocenters. The number of likely N-dealkylation sites (N-methyl/N-ethyl adjacent to an activating group) is 1. The number of halogens is 1. The molecule has 1 amide bonds. The van der Waals surface area contributed by atoms with E-state index < -0.39 is 0 Å². The van der Waals surface area contributed by atoms with Crippen LogP contribution in [-0.4, -0.2) is 30.9 Å². The average molecular weight is 414 g/mol. The number of nitrogens with zero attached hydrogens (tertiary/aromatic N) is 3. The van der Waals surface area contributed by atoms with Crippen LogP contribution in [0.2, 0.25) is 0 Å².